The first kappa shape index (κ1) is 18.6. The number of benzene rings is 1. The molecular formula is C18H23N3O4. The van der Waals surface area contributed by atoms with Gasteiger partial charge in [-0.05, 0) is 25.8 Å². The molecule has 1 aromatic heterocycles. The van der Waals surface area contributed by atoms with Gasteiger partial charge in [0.25, 0.3) is 11.5 Å². The summed E-state index contributed by atoms with van der Waals surface area (Å²) >= 11 is 0. The predicted octanol–water partition coefficient (Wildman–Crippen LogP) is 2.17. The number of fused-ring (bicyclic) bond motifs is 1. The first-order chi connectivity index (χ1) is 12.1. The highest BCUT2D eigenvalue weighted by molar-refractivity contribution is 6.04. The van der Waals surface area contributed by atoms with E-state index in [4.69, 9.17) is 4.74 Å². The number of amides is 1. The summed E-state index contributed by atoms with van der Waals surface area (Å²) < 4.78 is 4.87. The Bertz CT molecular complexity index is 785. The Morgan fingerprint density at radius 1 is 1.12 bits per heavy atom. The van der Waals surface area contributed by atoms with Crippen molar-refractivity contribution in [2.45, 2.75) is 39.0 Å². The number of carbonyl (C=O) groups is 2. The number of nitrogens with one attached hydrogen (secondary N) is 2. The minimum absolute atomic E-state index is 0.160. The Hall–Kier alpha value is -2.70. The van der Waals surface area contributed by atoms with Crippen molar-refractivity contribution in [3.05, 3.63) is 40.3 Å². The highest BCUT2D eigenvalue weighted by Gasteiger charge is 2.13. The topological polar surface area (TPSA) is 101 Å². The number of carbonyl (C=O) groups excluding carboxylic acids is 2. The standard InChI is InChI=1S/C18H23N3O4/c1-2-25-15(22)11-5-3-4-8-12-19-18(24)16-13-9-6-7-10-14(13)17(23)21-20-16/h6-7,9-10H,2-5,8,11-12H2,1H3,(H,19,24)(H,21,23). The highest BCUT2D eigenvalue weighted by atomic mass is 16.5. The van der Waals surface area contributed by atoms with E-state index in [1.54, 1.807) is 31.2 Å². The lowest BCUT2D eigenvalue weighted by Gasteiger charge is -2.07. The zero-order chi connectivity index (χ0) is 18.1. The summed E-state index contributed by atoms with van der Waals surface area (Å²) in [6, 6.07) is 6.89. The minimum Gasteiger partial charge on any atom is -0.466 e. The number of ether oxygens (including phenoxy) is 1. The SMILES string of the molecule is CCOC(=O)CCCCCCNC(=O)c1n[nH]c(=O)c2ccccc12. The molecule has 7 heteroatoms. The minimum atomic E-state index is -0.311. The second kappa shape index (κ2) is 9.56. The van der Waals surface area contributed by atoms with E-state index in [1.807, 2.05) is 0 Å². The molecule has 1 amide bonds. The van der Waals surface area contributed by atoms with Gasteiger partial charge in [-0.1, -0.05) is 31.0 Å². The number of esters is 1. The number of hydrogen-bond acceptors (Lipinski definition) is 5. The fourth-order valence-corrected chi connectivity index (χ4v) is 2.55. The highest BCUT2D eigenvalue weighted by Crippen LogP contribution is 2.12. The smallest absolute Gasteiger partial charge is 0.305 e. The third-order valence-electron chi connectivity index (χ3n) is 3.81. The van der Waals surface area contributed by atoms with Crippen LogP contribution in [0.5, 0.6) is 0 Å². The Morgan fingerprint density at radius 3 is 2.60 bits per heavy atom. The summed E-state index contributed by atoms with van der Waals surface area (Å²) in [5.41, 5.74) is -0.0914. The molecule has 7 nitrogen and oxygen atoms in total. The van der Waals surface area contributed by atoms with Crippen molar-refractivity contribution in [1.29, 1.82) is 0 Å². The molecule has 0 aliphatic carbocycles. The maximum Gasteiger partial charge on any atom is 0.305 e. The molecule has 0 spiro atoms. The van der Waals surface area contributed by atoms with Gasteiger partial charge in [0, 0.05) is 18.4 Å². The molecule has 1 heterocycles. The number of rotatable bonds is 9. The van der Waals surface area contributed by atoms with Crippen molar-refractivity contribution >= 4 is 22.6 Å². The molecule has 0 fully saturated rings. The monoisotopic (exact) mass is 345 g/mol. The molecule has 0 unspecified atom stereocenters. The average Bonchev–Trinajstić information content (AvgIpc) is 2.61. The fraction of sp³-hybridized carbons (Fsp3) is 0.444. The molecule has 134 valence electrons. The molecule has 0 aliphatic rings. The normalized spacial score (nSPS) is 10.6. The van der Waals surface area contributed by atoms with Crippen LogP contribution in [0.4, 0.5) is 0 Å². The molecule has 2 aromatic rings. The second-order valence-corrected chi connectivity index (χ2v) is 5.67. The first-order valence-electron chi connectivity index (χ1n) is 8.54. The van der Waals surface area contributed by atoms with Crippen LogP contribution in [0.3, 0.4) is 0 Å². The van der Waals surface area contributed by atoms with Gasteiger partial charge >= 0.3 is 5.97 Å². The van der Waals surface area contributed by atoms with E-state index in [9.17, 15) is 14.4 Å². The second-order valence-electron chi connectivity index (χ2n) is 5.67. The van der Waals surface area contributed by atoms with Gasteiger partial charge in [0.15, 0.2) is 5.69 Å². The Balaban J connectivity index is 1.76. The number of nitrogens with zero attached hydrogens (tertiary/aromatic N) is 1. The fourth-order valence-electron chi connectivity index (χ4n) is 2.55. The van der Waals surface area contributed by atoms with Crippen LogP contribution in [0.25, 0.3) is 10.8 Å². The van der Waals surface area contributed by atoms with Crippen LogP contribution in [0.15, 0.2) is 29.1 Å². The van der Waals surface area contributed by atoms with Crippen molar-refractivity contribution in [3.63, 3.8) is 0 Å². The van der Waals surface area contributed by atoms with Gasteiger partial charge in [0.1, 0.15) is 0 Å². The largest absolute Gasteiger partial charge is 0.466 e. The molecule has 0 radical (unpaired) electrons. The molecule has 0 atom stereocenters. The predicted molar refractivity (Wildman–Crippen MR) is 94.4 cm³/mol. The van der Waals surface area contributed by atoms with Gasteiger partial charge in [-0.25, -0.2) is 5.10 Å². The lowest BCUT2D eigenvalue weighted by atomic mass is 10.1. The molecule has 1 aromatic carbocycles. The van der Waals surface area contributed by atoms with Crippen molar-refractivity contribution in [2.75, 3.05) is 13.2 Å². The molecule has 0 saturated carbocycles. The van der Waals surface area contributed by atoms with Gasteiger partial charge in [-0.2, -0.15) is 5.10 Å². The number of aromatic amines is 1. The lowest BCUT2D eigenvalue weighted by molar-refractivity contribution is -0.143. The molecular weight excluding hydrogens is 322 g/mol. The summed E-state index contributed by atoms with van der Waals surface area (Å²) in [5.74, 6) is -0.467. The summed E-state index contributed by atoms with van der Waals surface area (Å²) in [6.07, 6.45) is 3.87. The van der Waals surface area contributed by atoms with Gasteiger partial charge in [-0.15, -0.1) is 0 Å². The molecule has 0 aliphatic heterocycles. The maximum atomic E-state index is 12.3. The molecule has 25 heavy (non-hydrogen) atoms. The van der Waals surface area contributed by atoms with Gasteiger partial charge in [0.05, 0.1) is 12.0 Å². The van der Waals surface area contributed by atoms with Crippen LogP contribution in [0.2, 0.25) is 0 Å². The zero-order valence-electron chi connectivity index (χ0n) is 14.3. The van der Waals surface area contributed by atoms with Crippen LogP contribution < -0.4 is 10.9 Å². The van der Waals surface area contributed by atoms with Crippen molar-refractivity contribution < 1.29 is 14.3 Å². The summed E-state index contributed by atoms with van der Waals surface area (Å²) in [6.45, 7) is 2.73. The van der Waals surface area contributed by atoms with E-state index in [1.165, 1.54) is 0 Å². The van der Waals surface area contributed by atoms with E-state index >= 15 is 0 Å². The van der Waals surface area contributed by atoms with E-state index in [0.717, 1.165) is 25.7 Å². The van der Waals surface area contributed by atoms with Crippen LogP contribution in [0, 0.1) is 0 Å². The van der Waals surface area contributed by atoms with E-state index in [2.05, 4.69) is 15.5 Å². The molecule has 0 bridgehead atoms. The number of aromatic nitrogens is 2. The van der Waals surface area contributed by atoms with Crippen molar-refractivity contribution in [3.8, 4) is 0 Å². The average molecular weight is 345 g/mol. The molecule has 2 N–H and O–H groups in total. The van der Waals surface area contributed by atoms with E-state index in [0.29, 0.717) is 30.3 Å². The van der Waals surface area contributed by atoms with E-state index in [-0.39, 0.29) is 23.1 Å². The number of H-pyrrole nitrogens is 1. The first-order valence-corrected chi connectivity index (χ1v) is 8.54. The zero-order valence-corrected chi connectivity index (χ0v) is 14.3. The van der Waals surface area contributed by atoms with Gasteiger partial charge < -0.3 is 10.1 Å². The van der Waals surface area contributed by atoms with Crippen LogP contribution in [-0.4, -0.2) is 35.2 Å². The lowest BCUT2D eigenvalue weighted by Crippen LogP contribution is -2.27. The van der Waals surface area contributed by atoms with Crippen LogP contribution in [-0.2, 0) is 9.53 Å². The summed E-state index contributed by atoms with van der Waals surface area (Å²) in [4.78, 5) is 35.2. The van der Waals surface area contributed by atoms with E-state index < -0.39 is 0 Å². The third-order valence-corrected chi connectivity index (χ3v) is 3.81. The van der Waals surface area contributed by atoms with Gasteiger partial charge in [0.2, 0.25) is 0 Å². The maximum absolute atomic E-state index is 12.3. The summed E-state index contributed by atoms with van der Waals surface area (Å²) in [5, 5.41) is 10.0. The Kier molecular flexibility index (Phi) is 7.13. The summed E-state index contributed by atoms with van der Waals surface area (Å²) in [7, 11) is 0. The number of unbranched alkanes of at least 4 members (excludes halogenated alkanes) is 3. The van der Waals surface area contributed by atoms with Crippen molar-refractivity contribution in [1.82, 2.24) is 15.5 Å². The van der Waals surface area contributed by atoms with Crippen LogP contribution in [0.1, 0.15) is 49.5 Å². The Morgan fingerprint density at radius 2 is 1.84 bits per heavy atom. The van der Waals surface area contributed by atoms with Crippen molar-refractivity contribution in [2.24, 2.45) is 0 Å². The van der Waals surface area contributed by atoms with Crippen LogP contribution >= 0.6 is 0 Å². The molecule has 2 rings (SSSR count). The Labute approximate surface area is 145 Å². The number of hydrogen-bond donors (Lipinski definition) is 2. The third kappa shape index (κ3) is 5.41. The molecule has 0 saturated heterocycles. The quantitative estimate of drug-likeness (QED) is 0.536. The van der Waals surface area contributed by atoms with Gasteiger partial charge in [-0.3, -0.25) is 14.4 Å².